The molecule has 1 fully saturated rings. The fraction of sp³-hybridized carbons (Fsp3) is 0.375. The molecule has 2 aromatic heterocycles. The number of aliphatic carboxylic acids is 1. The maximum absolute atomic E-state index is 14.9. The van der Waals surface area contributed by atoms with Crippen LogP contribution in [0, 0.1) is 17.6 Å². The van der Waals surface area contributed by atoms with Gasteiger partial charge in [-0.1, -0.05) is 11.3 Å². The number of aromatic nitrogens is 2. The first-order valence-electron chi connectivity index (χ1n) is 11.7. The number of carboxylic acid groups (broad SMARTS) is 1. The molecule has 3 heterocycles. The second-order valence-corrected chi connectivity index (χ2v) is 9.94. The molecule has 3 aromatic rings. The van der Waals surface area contributed by atoms with Crippen LogP contribution in [0.25, 0.3) is 10.3 Å². The van der Waals surface area contributed by atoms with E-state index in [4.69, 9.17) is 14.6 Å². The van der Waals surface area contributed by atoms with Crippen molar-refractivity contribution in [3.8, 4) is 5.75 Å². The van der Waals surface area contributed by atoms with E-state index < -0.39 is 64.6 Å². The molecule has 0 bridgehead atoms. The molecule has 1 saturated heterocycles. The third-order valence-corrected chi connectivity index (χ3v) is 6.77. The van der Waals surface area contributed by atoms with Crippen molar-refractivity contribution in [1.82, 2.24) is 20.2 Å². The van der Waals surface area contributed by atoms with E-state index in [1.54, 1.807) is 0 Å². The van der Waals surface area contributed by atoms with Gasteiger partial charge in [0, 0.05) is 12.1 Å². The van der Waals surface area contributed by atoms with Gasteiger partial charge in [-0.3, -0.25) is 14.9 Å². The summed E-state index contributed by atoms with van der Waals surface area (Å²) >= 11 is 0.941. The molecule has 1 aliphatic rings. The van der Waals surface area contributed by atoms with Crippen molar-refractivity contribution in [3.63, 3.8) is 0 Å². The number of thiazole rings is 1. The highest BCUT2D eigenvalue weighted by Gasteiger charge is 2.38. The number of benzene rings is 1. The van der Waals surface area contributed by atoms with Crippen LogP contribution in [0.3, 0.4) is 0 Å². The summed E-state index contributed by atoms with van der Waals surface area (Å²) in [7, 11) is 1.90. The van der Waals surface area contributed by atoms with Crippen molar-refractivity contribution >= 4 is 39.5 Å². The molecule has 1 aromatic carbocycles. The van der Waals surface area contributed by atoms with Crippen LogP contribution in [-0.4, -0.2) is 64.1 Å². The fourth-order valence-corrected chi connectivity index (χ4v) is 4.42. The summed E-state index contributed by atoms with van der Waals surface area (Å²) in [6.07, 6.45) is -7.94. The SMILES string of the molecule is CN1CCC(C(=O)NC(=O)c2c(F)ccc(OCc3nc4cc(C(F)(F)F)cnc4s3)c2F)CC1.O=C(O)C(F)(F)F. The summed E-state index contributed by atoms with van der Waals surface area (Å²) in [6.45, 7) is 0.967. The van der Waals surface area contributed by atoms with Gasteiger partial charge in [0.05, 0.1) is 5.56 Å². The quantitative estimate of drug-likeness (QED) is 0.306. The Morgan fingerprint density at radius 1 is 1.12 bits per heavy atom. The first kappa shape index (κ1) is 32.6. The van der Waals surface area contributed by atoms with E-state index in [2.05, 4.69) is 15.3 Å². The Kier molecular flexibility index (Phi) is 10.0. The van der Waals surface area contributed by atoms with Crippen LogP contribution < -0.4 is 10.1 Å². The van der Waals surface area contributed by atoms with Crippen LogP contribution in [0.1, 0.15) is 33.8 Å². The van der Waals surface area contributed by atoms with Crippen molar-refractivity contribution in [2.24, 2.45) is 5.92 Å². The summed E-state index contributed by atoms with van der Waals surface area (Å²) < 4.78 is 105. The van der Waals surface area contributed by atoms with E-state index in [0.717, 1.165) is 29.5 Å². The maximum Gasteiger partial charge on any atom is 0.490 e. The van der Waals surface area contributed by atoms with Crippen LogP contribution in [0.5, 0.6) is 5.75 Å². The number of rotatable bonds is 5. The average molecular weight is 628 g/mol. The van der Waals surface area contributed by atoms with Gasteiger partial charge < -0.3 is 14.7 Å². The summed E-state index contributed by atoms with van der Waals surface area (Å²) in [6, 6.07) is 2.63. The Hall–Kier alpha value is -3.93. The molecule has 18 heteroatoms. The highest BCUT2D eigenvalue weighted by atomic mass is 32.1. The molecule has 2 N–H and O–H groups in total. The molecule has 0 aliphatic carbocycles. The minimum atomic E-state index is -5.08. The average Bonchev–Trinajstić information content (AvgIpc) is 3.30. The minimum Gasteiger partial charge on any atom is -0.483 e. The van der Waals surface area contributed by atoms with E-state index in [9.17, 15) is 44.7 Å². The van der Waals surface area contributed by atoms with Crippen LogP contribution in [0.15, 0.2) is 24.4 Å². The predicted molar refractivity (Wildman–Crippen MR) is 129 cm³/mol. The number of pyridine rings is 1. The number of hydrogen-bond acceptors (Lipinski definition) is 8. The normalized spacial score (nSPS) is 14.7. The lowest BCUT2D eigenvalue weighted by molar-refractivity contribution is -0.192. The van der Waals surface area contributed by atoms with Crippen LogP contribution in [0.4, 0.5) is 35.1 Å². The third kappa shape index (κ3) is 8.31. The van der Waals surface area contributed by atoms with Crippen molar-refractivity contribution < 1.29 is 59.4 Å². The van der Waals surface area contributed by atoms with Gasteiger partial charge in [0.25, 0.3) is 5.91 Å². The van der Waals surface area contributed by atoms with E-state index in [1.165, 1.54) is 0 Å². The zero-order valence-electron chi connectivity index (χ0n) is 21.3. The van der Waals surface area contributed by atoms with Gasteiger partial charge in [-0.05, 0) is 51.2 Å². The standard InChI is InChI=1S/C22H19F5N4O3S.C2HF3O2/c1-31-6-4-11(5-7-31)19(32)30-20(33)17-13(23)2-3-15(18(17)24)34-10-16-29-14-8-12(22(25,26)27)9-28-21(14)35-16;3-2(4,5)1(6)7/h2-3,8-9,11H,4-7,10H2,1H3,(H,30,32,33);(H,6,7). The Morgan fingerprint density at radius 2 is 1.74 bits per heavy atom. The molecular formula is C24H20F8N4O5S. The number of fused-ring (bicyclic) bond motifs is 1. The molecule has 1 aliphatic heterocycles. The number of piperidine rings is 1. The van der Waals surface area contributed by atoms with Crippen molar-refractivity contribution in [2.75, 3.05) is 20.1 Å². The number of carbonyl (C=O) groups excluding carboxylic acids is 2. The Labute approximate surface area is 235 Å². The number of amides is 2. The van der Waals surface area contributed by atoms with Crippen LogP contribution in [0.2, 0.25) is 0 Å². The number of nitrogens with one attached hydrogen (secondary N) is 1. The van der Waals surface area contributed by atoms with E-state index in [-0.39, 0.29) is 22.0 Å². The molecule has 42 heavy (non-hydrogen) atoms. The molecule has 9 nitrogen and oxygen atoms in total. The minimum absolute atomic E-state index is 0.00418. The number of carboxylic acids is 1. The van der Waals surface area contributed by atoms with Gasteiger partial charge in [-0.15, -0.1) is 0 Å². The number of carbonyl (C=O) groups is 3. The fourth-order valence-electron chi connectivity index (χ4n) is 3.62. The zero-order valence-corrected chi connectivity index (χ0v) is 22.1. The summed E-state index contributed by atoms with van der Waals surface area (Å²) in [5.74, 6) is -7.98. The van der Waals surface area contributed by atoms with Crippen molar-refractivity contribution in [1.29, 1.82) is 0 Å². The second-order valence-electron chi connectivity index (χ2n) is 8.88. The first-order valence-corrected chi connectivity index (χ1v) is 12.6. The number of likely N-dealkylation sites (tertiary alicyclic amines) is 1. The largest absolute Gasteiger partial charge is 0.490 e. The summed E-state index contributed by atoms with van der Waals surface area (Å²) in [5, 5.41) is 9.37. The van der Waals surface area contributed by atoms with Gasteiger partial charge in [-0.2, -0.15) is 26.3 Å². The van der Waals surface area contributed by atoms with E-state index in [0.29, 0.717) is 32.1 Å². The van der Waals surface area contributed by atoms with Crippen LogP contribution in [-0.2, 0) is 22.4 Å². The Bertz CT molecular complexity index is 1470. The maximum atomic E-state index is 14.9. The molecule has 0 atom stereocenters. The first-order chi connectivity index (χ1) is 19.5. The molecule has 2 amide bonds. The van der Waals surface area contributed by atoms with Crippen molar-refractivity contribution in [3.05, 3.63) is 52.2 Å². The van der Waals surface area contributed by atoms with Crippen molar-refractivity contribution in [2.45, 2.75) is 31.8 Å². The Balaban J connectivity index is 0.000000616. The second kappa shape index (κ2) is 12.9. The predicted octanol–water partition coefficient (Wildman–Crippen LogP) is 4.80. The molecule has 0 radical (unpaired) electrons. The molecule has 0 spiro atoms. The number of alkyl halides is 6. The zero-order chi connectivity index (χ0) is 31.4. The molecular weight excluding hydrogens is 608 g/mol. The summed E-state index contributed by atoms with van der Waals surface area (Å²) in [4.78, 5) is 43.7. The number of ether oxygens (including phenoxy) is 1. The van der Waals surface area contributed by atoms with Gasteiger partial charge in [0.2, 0.25) is 5.91 Å². The molecule has 4 rings (SSSR count). The van der Waals surface area contributed by atoms with Gasteiger partial charge in [0.1, 0.15) is 33.3 Å². The van der Waals surface area contributed by atoms with E-state index >= 15 is 0 Å². The highest BCUT2D eigenvalue weighted by molar-refractivity contribution is 7.18. The topological polar surface area (TPSA) is 122 Å². The monoisotopic (exact) mass is 628 g/mol. The highest BCUT2D eigenvalue weighted by Crippen LogP contribution is 2.32. The Morgan fingerprint density at radius 3 is 2.31 bits per heavy atom. The van der Waals surface area contributed by atoms with Crippen LogP contribution >= 0.6 is 11.3 Å². The van der Waals surface area contributed by atoms with Gasteiger partial charge in [-0.25, -0.2) is 23.5 Å². The molecule has 0 unspecified atom stereocenters. The molecule has 0 saturated carbocycles. The lowest BCUT2D eigenvalue weighted by atomic mass is 9.96. The van der Waals surface area contributed by atoms with Gasteiger partial charge >= 0.3 is 18.3 Å². The smallest absolute Gasteiger partial charge is 0.483 e. The number of halogens is 8. The van der Waals surface area contributed by atoms with E-state index in [1.807, 2.05) is 11.9 Å². The lowest BCUT2D eigenvalue weighted by Gasteiger charge is -2.27. The third-order valence-electron chi connectivity index (χ3n) is 5.82. The number of nitrogens with zero attached hydrogens (tertiary/aromatic N) is 3. The summed E-state index contributed by atoms with van der Waals surface area (Å²) in [5.41, 5.74) is -1.93. The molecule has 228 valence electrons. The van der Waals surface area contributed by atoms with Gasteiger partial charge in [0.15, 0.2) is 11.6 Å². The number of imide groups is 1. The lowest BCUT2D eigenvalue weighted by Crippen LogP contribution is -2.41. The number of hydrogen-bond donors (Lipinski definition) is 2.